The summed E-state index contributed by atoms with van der Waals surface area (Å²) < 4.78 is 6.84. The van der Waals surface area contributed by atoms with E-state index < -0.39 is 29.1 Å². The van der Waals surface area contributed by atoms with Gasteiger partial charge >= 0.3 is 0 Å². The molecule has 2 aromatic carbocycles. The van der Waals surface area contributed by atoms with Crippen molar-refractivity contribution < 1.29 is 24.2 Å². The minimum atomic E-state index is -1.36. The summed E-state index contributed by atoms with van der Waals surface area (Å²) in [5.74, 6) is -2.65. The average molecular weight is 571 g/mol. The zero-order valence-corrected chi connectivity index (χ0v) is 24.3. The Morgan fingerprint density at radius 3 is 2.10 bits per heavy atom. The molecule has 1 unspecified atom stereocenters. The van der Waals surface area contributed by atoms with Crippen molar-refractivity contribution in [1.29, 1.82) is 0 Å². The van der Waals surface area contributed by atoms with E-state index in [2.05, 4.69) is 18.7 Å². The van der Waals surface area contributed by atoms with Gasteiger partial charge in [0.2, 0.25) is 11.8 Å². The van der Waals surface area contributed by atoms with Crippen LogP contribution >= 0.6 is 0 Å². The third-order valence-corrected chi connectivity index (χ3v) is 9.26. The van der Waals surface area contributed by atoms with E-state index in [9.17, 15) is 19.5 Å². The highest BCUT2D eigenvalue weighted by atomic mass is 16.5. The number of ether oxygens (including phenoxy) is 1. The molecule has 3 amide bonds. The molecule has 2 saturated heterocycles. The van der Waals surface area contributed by atoms with Crippen LogP contribution in [-0.4, -0.2) is 84.3 Å². The highest BCUT2D eigenvalue weighted by molar-refractivity contribution is 6.07. The number of benzene rings is 2. The standard InChI is InChI=1S/C33H38N4O5/c1-4-34(5-2)23-13-15-25(16-14-23)36-20-10-18-33-27(30(40)37(21-22-38)28(33)31(36)41)26-29(39)35(24-11-7-6-8-12-24)19-9-17-32(26,3)42-33/h6-18,26-28,38H,4-5,19-22H2,1-3H3/t26-,27-,28?,32+,33-/m0/s1. The zero-order valence-electron chi connectivity index (χ0n) is 24.3. The molecule has 1 spiro atoms. The summed E-state index contributed by atoms with van der Waals surface area (Å²) >= 11 is 0. The van der Waals surface area contributed by atoms with Crippen LogP contribution in [0, 0.1) is 11.8 Å². The molecule has 9 nitrogen and oxygen atoms in total. The fraction of sp³-hybridized carbons (Fsp3) is 0.424. The Bertz CT molecular complexity index is 1420. The second-order valence-electron chi connectivity index (χ2n) is 11.5. The Morgan fingerprint density at radius 2 is 1.45 bits per heavy atom. The molecule has 4 aliphatic rings. The third kappa shape index (κ3) is 4.17. The van der Waals surface area contributed by atoms with Gasteiger partial charge in [-0.1, -0.05) is 42.5 Å². The van der Waals surface area contributed by atoms with Crippen molar-refractivity contribution in [2.24, 2.45) is 11.8 Å². The Hall–Kier alpha value is -3.95. The van der Waals surface area contributed by atoms with Crippen LogP contribution in [0.25, 0.3) is 0 Å². The van der Waals surface area contributed by atoms with E-state index in [4.69, 9.17) is 4.74 Å². The number of hydrogen-bond acceptors (Lipinski definition) is 6. The Morgan fingerprint density at radius 1 is 0.833 bits per heavy atom. The molecule has 6 rings (SSSR count). The Labute approximate surface area is 246 Å². The summed E-state index contributed by atoms with van der Waals surface area (Å²) in [4.78, 5) is 50.0. The SMILES string of the molecule is CCN(CC)c1ccc(N2CC=C[C@]34O[C@]5(C)C=CCN(c6ccccc6)C(=O)[C@@H]5[C@H]3C(=O)N(CCO)C4C2=O)cc1. The van der Waals surface area contributed by atoms with Crippen LogP contribution < -0.4 is 14.7 Å². The first-order valence-corrected chi connectivity index (χ1v) is 14.8. The van der Waals surface area contributed by atoms with E-state index in [0.717, 1.165) is 24.5 Å². The van der Waals surface area contributed by atoms with Crippen molar-refractivity contribution in [1.82, 2.24) is 4.90 Å². The summed E-state index contributed by atoms with van der Waals surface area (Å²) in [7, 11) is 0. The van der Waals surface area contributed by atoms with Gasteiger partial charge in [0.25, 0.3) is 5.91 Å². The smallest absolute Gasteiger partial charge is 0.253 e. The normalized spacial score (nSPS) is 30.2. The monoisotopic (exact) mass is 570 g/mol. The number of anilines is 3. The Kier molecular flexibility index (Phi) is 7.19. The number of rotatable bonds is 7. The summed E-state index contributed by atoms with van der Waals surface area (Å²) in [5.41, 5.74) is 0.0469. The number of para-hydroxylation sites is 1. The molecule has 0 aliphatic carbocycles. The van der Waals surface area contributed by atoms with Gasteiger partial charge in [-0.3, -0.25) is 14.4 Å². The van der Waals surface area contributed by atoms with E-state index in [1.807, 2.05) is 85.8 Å². The second-order valence-corrected chi connectivity index (χ2v) is 11.5. The van der Waals surface area contributed by atoms with Gasteiger partial charge in [-0.2, -0.15) is 0 Å². The minimum absolute atomic E-state index is 0.0324. The lowest BCUT2D eigenvalue weighted by atomic mass is 9.74. The van der Waals surface area contributed by atoms with Gasteiger partial charge in [0.1, 0.15) is 11.6 Å². The molecular formula is C33H38N4O5. The zero-order chi connectivity index (χ0) is 29.6. The van der Waals surface area contributed by atoms with E-state index >= 15 is 0 Å². The molecule has 0 radical (unpaired) electrons. The molecule has 0 saturated carbocycles. The predicted molar refractivity (Wildman–Crippen MR) is 161 cm³/mol. The average Bonchev–Trinajstić information content (AvgIpc) is 3.25. The number of aliphatic hydroxyl groups is 1. The van der Waals surface area contributed by atoms with Gasteiger partial charge in [-0.25, -0.2) is 0 Å². The molecule has 5 atom stereocenters. The maximum absolute atomic E-state index is 14.5. The molecule has 4 aliphatic heterocycles. The number of hydrogen-bond donors (Lipinski definition) is 1. The number of aliphatic hydroxyl groups excluding tert-OH is 1. The largest absolute Gasteiger partial charge is 0.395 e. The van der Waals surface area contributed by atoms with Crippen molar-refractivity contribution in [3.8, 4) is 0 Å². The van der Waals surface area contributed by atoms with Gasteiger partial charge in [0.15, 0.2) is 0 Å². The van der Waals surface area contributed by atoms with Crippen LogP contribution in [0.15, 0.2) is 78.9 Å². The highest BCUT2D eigenvalue weighted by Crippen LogP contribution is 2.57. The van der Waals surface area contributed by atoms with Crippen LogP contribution in [-0.2, 0) is 19.1 Å². The van der Waals surface area contributed by atoms with Gasteiger partial charge in [0.05, 0.1) is 24.0 Å². The van der Waals surface area contributed by atoms with Gasteiger partial charge in [-0.05, 0) is 57.2 Å². The lowest BCUT2D eigenvalue weighted by Gasteiger charge is -2.37. The fourth-order valence-corrected chi connectivity index (χ4v) is 7.37. The van der Waals surface area contributed by atoms with Crippen molar-refractivity contribution in [2.75, 3.05) is 54.0 Å². The summed E-state index contributed by atoms with van der Waals surface area (Å²) in [5, 5.41) is 9.97. The first-order chi connectivity index (χ1) is 20.3. The van der Waals surface area contributed by atoms with Crippen LogP contribution in [0.5, 0.6) is 0 Å². The number of carbonyl (C=O) groups is 3. The van der Waals surface area contributed by atoms with Crippen molar-refractivity contribution >= 4 is 34.8 Å². The number of likely N-dealkylation sites (tertiary alicyclic amines) is 1. The Balaban J connectivity index is 1.41. The predicted octanol–water partition coefficient (Wildman–Crippen LogP) is 3.00. The molecule has 42 heavy (non-hydrogen) atoms. The maximum atomic E-state index is 14.5. The van der Waals surface area contributed by atoms with E-state index in [0.29, 0.717) is 18.8 Å². The first kappa shape index (κ1) is 28.2. The molecule has 1 N–H and O–H groups in total. The number of fused-ring (bicyclic) bond motifs is 2. The molecule has 220 valence electrons. The first-order valence-electron chi connectivity index (χ1n) is 14.8. The number of nitrogens with zero attached hydrogens (tertiary/aromatic N) is 4. The maximum Gasteiger partial charge on any atom is 0.253 e. The van der Waals surface area contributed by atoms with Crippen LogP contribution in [0.1, 0.15) is 20.8 Å². The quantitative estimate of drug-likeness (QED) is 0.515. The number of carbonyl (C=O) groups excluding carboxylic acids is 3. The van der Waals surface area contributed by atoms with Crippen molar-refractivity contribution in [2.45, 2.75) is 38.0 Å². The molecule has 0 aromatic heterocycles. The lowest BCUT2D eigenvalue weighted by Crippen LogP contribution is -2.56. The third-order valence-electron chi connectivity index (χ3n) is 9.26. The topological polar surface area (TPSA) is 93.6 Å². The van der Waals surface area contributed by atoms with Gasteiger partial charge < -0.3 is 29.4 Å². The van der Waals surface area contributed by atoms with E-state index in [1.54, 1.807) is 9.80 Å². The molecular weight excluding hydrogens is 532 g/mol. The van der Waals surface area contributed by atoms with Gasteiger partial charge in [-0.15, -0.1) is 0 Å². The fourth-order valence-electron chi connectivity index (χ4n) is 7.37. The summed E-state index contributed by atoms with van der Waals surface area (Å²) in [6, 6.07) is 16.2. The van der Waals surface area contributed by atoms with Crippen LogP contribution in [0.4, 0.5) is 17.1 Å². The van der Waals surface area contributed by atoms with Crippen molar-refractivity contribution in [3.05, 3.63) is 78.9 Å². The number of β-amino-alcohol motifs (C(OH)–C–C–N with tert-alkyl or cyclic N) is 1. The van der Waals surface area contributed by atoms with Crippen molar-refractivity contribution in [3.63, 3.8) is 0 Å². The molecule has 2 fully saturated rings. The molecule has 4 heterocycles. The van der Waals surface area contributed by atoms with Gasteiger partial charge in [0, 0.05) is 49.8 Å². The minimum Gasteiger partial charge on any atom is -0.395 e. The molecule has 0 bridgehead atoms. The second kappa shape index (κ2) is 10.7. The van der Waals surface area contributed by atoms with Crippen LogP contribution in [0.3, 0.4) is 0 Å². The lowest BCUT2D eigenvalue weighted by molar-refractivity contribution is -0.144. The molecule has 9 heteroatoms. The molecule has 2 aromatic rings. The van der Waals surface area contributed by atoms with E-state index in [-0.39, 0.29) is 30.9 Å². The van der Waals surface area contributed by atoms with E-state index in [1.165, 1.54) is 4.90 Å². The summed E-state index contributed by atoms with van der Waals surface area (Å²) in [6.45, 7) is 8.08. The highest BCUT2D eigenvalue weighted by Gasteiger charge is 2.74. The van der Waals surface area contributed by atoms with Crippen LogP contribution in [0.2, 0.25) is 0 Å². The summed E-state index contributed by atoms with van der Waals surface area (Å²) in [6.07, 6.45) is 7.48. The number of amides is 3.